The minimum absolute atomic E-state index is 0.283. The number of aryl methyl sites for hydroxylation is 2. The molecule has 2 aromatic heterocycles. The van der Waals surface area contributed by atoms with E-state index >= 15 is 0 Å². The number of nitrogens with zero attached hydrogens (tertiary/aromatic N) is 3. The smallest absolute Gasteiger partial charge is 0.231 e. The summed E-state index contributed by atoms with van der Waals surface area (Å²) in [6.45, 7) is 5.17. The predicted molar refractivity (Wildman–Crippen MR) is 108 cm³/mol. The number of hydrogen-bond donors (Lipinski definition) is 1. The van der Waals surface area contributed by atoms with E-state index in [0.29, 0.717) is 6.54 Å². The SMILES string of the molecule is Cc1ccc(-c2cnn3c(NCc4ccc5c(c4)OCO5)ccnc23)cc1C. The van der Waals surface area contributed by atoms with Crippen LogP contribution in [0.15, 0.2) is 54.9 Å². The maximum absolute atomic E-state index is 5.45. The van der Waals surface area contributed by atoms with Crippen LogP contribution in [0, 0.1) is 13.8 Å². The maximum atomic E-state index is 5.45. The molecule has 0 amide bonds. The van der Waals surface area contributed by atoms with Crippen LogP contribution in [0.25, 0.3) is 16.8 Å². The first kappa shape index (κ1) is 16.6. The molecule has 5 rings (SSSR count). The molecule has 0 saturated carbocycles. The molecule has 0 radical (unpaired) electrons. The molecule has 6 heteroatoms. The Bertz CT molecular complexity index is 1180. The number of aromatic nitrogens is 3. The number of benzene rings is 2. The highest BCUT2D eigenvalue weighted by Crippen LogP contribution is 2.33. The van der Waals surface area contributed by atoms with Crippen LogP contribution < -0.4 is 14.8 Å². The van der Waals surface area contributed by atoms with Crippen molar-refractivity contribution in [2.75, 3.05) is 12.1 Å². The first-order valence-corrected chi connectivity index (χ1v) is 9.22. The van der Waals surface area contributed by atoms with Crippen molar-refractivity contribution < 1.29 is 9.47 Å². The molecule has 0 unspecified atom stereocenters. The van der Waals surface area contributed by atoms with Crippen LogP contribution in [0.2, 0.25) is 0 Å². The van der Waals surface area contributed by atoms with Crippen molar-refractivity contribution in [3.63, 3.8) is 0 Å². The van der Waals surface area contributed by atoms with Gasteiger partial charge in [0.2, 0.25) is 6.79 Å². The van der Waals surface area contributed by atoms with Crippen molar-refractivity contribution >= 4 is 11.5 Å². The van der Waals surface area contributed by atoms with Crippen molar-refractivity contribution in [1.82, 2.24) is 14.6 Å². The molecule has 6 nitrogen and oxygen atoms in total. The fourth-order valence-electron chi connectivity index (χ4n) is 3.38. The minimum Gasteiger partial charge on any atom is -0.454 e. The fraction of sp³-hybridized carbons (Fsp3) is 0.182. The van der Waals surface area contributed by atoms with E-state index in [1.54, 1.807) is 0 Å². The quantitative estimate of drug-likeness (QED) is 0.577. The Labute approximate surface area is 162 Å². The standard InChI is InChI=1S/C22H20N4O2/c1-14-3-5-17(9-15(14)2)18-12-25-26-21(7-8-23-22(18)26)24-11-16-4-6-19-20(10-16)28-13-27-19/h3-10,12,24H,11,13H2,1-2H3. The summed E-state index contributed by atoms with van der Waals surface area (Å²) < 4.78 is 12.7. The van der Waals surface area contributed by atoms with E-state index in [1.165, 1.54) is 11.1 Å². The Hall–Kier alpha value is -3.54. The second-order valence-electron chi connectivity index (χ2n) is 6.96. The lowest BCUT2D eigenvalue weighted by Crippen LogP contribution is -2.05. The molecule has 1 aliphatic heterocycles. The van der Waals surface area contributed by atoms with Crippen molar-refractivity contribution in [2.45, 2.75) is 20.4 Å². The van der Waals surface area contributed by atoms with Gasteiger partial charge in [0.15, 0.2) is 17.1 Å². The van der Waals surface area contributed by atoms with Crippen LogP contribution in [0.4, 0.5) is 5.82 Å². The second-order valence-corrected chi connectivity index (χ2v) is 6.96. The Balaban J connectivity index is 1.44. The molecule has 2 aromatic carbocycles. The summed E-state index contributed by atoms with van der Waals surface area (Å²) in [7, 11) is 0. The lowest BCUT2D eigenvalue weighted by molar-refractivity contribution is 0.174. The Kier molecular flexibility index (Phi) is 3.90. The number of fused-ring (bicyclic) bond motifs is 2. The van der Waals surface area contributed by atoms with Gasteiger partial charge in [-0.1, -0.05) is 24.3 Å². The van der Waals surface area contributed by atoms with Crippen molar-refractivity contribution in [2.24, 2.45) is 0 Å². The topological polar surface area (TPSA) is 60.7 Å². The van der Waals surface area contributed by atoms with E-state index in [4.69, 9.17) is 9.47 Å². The lowest BCUT2D eigenvalue weighted by atomic mass is 10.0. The predicted octanol–water partition coefficient (Wildman–Crippen LogP) is 4.35. The first-order valence-electron chi connectivity index (χ1n) is 9.22. The van der Waals surface area contributed by atoms with Gasteiger partial charge in [-0.3, -0.25) is 0 Å². The highest BCUT2D eigenvalue weighted by Gasteiger charge is 2.14. The van der Waals surface area contributed by atoms with Gasteiger partial charge in [0.05, 0.1) is 6.20 Å². The number of anilines is 1. The summed E-state index contributed by atoms with van der Waals surface area (Å²) in [5, 5.41) is 8.01. The van der Waals surface area contributed by atoms with Crippen LogP contribution in [-0.2, 0) is 6.54 Å². The molecular formula is C22H20N4O2. The summed E-state index contributed by atoms with van der Waals surface area (Å²) in [5.41, 5.74) is 6.62. The number of nitrogens with one attached hydrogen (secondary N) is 1. The molecule has 0 bridgehead atoms. The average molecular weight is 372 g/mol. The Morgan fingerprint density at radius 3 is 2.79 bits per heavy atom. The van der Waals surface area contributed by atoms with Gasteiger partial charge >= 0.3 is 0 Å². The summed E-state index contributed by atoms with van der Waals surface area (Å²) in [5.74, 6) is 2.47. The number of ether oxygens (including phenoxy) is 2. The molecule has 0 saturated heterocycles. The van der Waals surface area contributed by atoms with Crippen molar-refractivity contribution in [1.29, 1.82) is 0 Å². The third kappa shape index (κ3) is 2.83. The normalized spacial score (nSPS) is 12.5. The molecule has 4 aromatic rings. The molecule has 0 spiro atoms. The van der Waals surface area contributed by atoms with Gasteiger partial charge in [-0.2, -0.15) is 9.61 Å². The molecule has 0 aliphatic carbocycles. The second kappa shape index (κ2) is 6.56. The van der Waals surface area contributed by atoms with Crippen LogP contribution in [0.3, 0.4) is 0 Å². The summed E-state index contributed by atoms with van der Waals surface area (Å²) in [6, 6.07) is 14.3. The van der Waals surface area contributed by atoms with Gasteiger partial charge in [-0.25, -0.2) is 4.98 Å². The van der Waals surface area contributed by atoms with E-state index in [1.807, 2.05) is 41.2 Å². The monoisotopic (exact) mass is 372 g/mol. The molecule has 0 fully saturated rings. The van der Waals surface area contributed by atoms with Gasteiger partial charge < -0.3 is 14.8 Å². The highest BCUT2D eigenvalue weighted by atomic mass is 16.7. The van der Waals surface area contributed by atoms with Gasteiger partial charge in [0, 0.05) is 18.3 Å². The summed E-state index contributed by atoms with van der Waals surface area (Å²) >= 11 is 0. The zero-order valence-corrected chi connectivity index (χ0v) is 15.8. The molecule has 0 atom stereocenters. The van der Waals surface area contributed by atoms with Crippen LogP contribution in [0.5, 0.6) is 11.5 Å². The highest BCUT2D eigenvalue weighted by molar-refractivity contribution is 5.78. The zero-order chi connectivity index (χ0) is 19.1. The minimum atomic E-state index is 0.283. The number of hydrogen-bond acceptors (Lipinski definition) is 5. The zero-order valence-electron chi connectivity index (χ0n) is 15.8. The molecule has 1 aliphatic rings. The Morgan fingerprint density at radius 1 is 1.00 bits per heavy atom. The van der Waals surface area contributed by atoms with Crippen molar-refractivity contribution in [3.8, 4) is 22.6 Å². The van der Waals surface area contributed by atoms with Gasteiger partial charge in [-0.15, -0.1) is 0 Å². The van der Waals surface area contributed by atoms with Crippen molar-refractivity contribution in [3.05, 3.63) is 71.5 Å². The molecule has 1 N–H and O–H groups in total. The van der Waals surface area contributed by atoms with Crippen LogP contribution >= 0.6 is 0 Å². The molecule has 140 valence electrons. The third-order valence-corrected chi connectivity index (χ3v) is 5.13. The summed E-state index contributed by atoms with van der Waals surface area (Å²) in [6.07, 6.45) is 3.68. The van der Waals surface area contributed by atoms with Gasteiger partial charge in [0.25, 0.3) is 0 Å². The lowest BCUT2D eigenvalue weighted by Gasteiger charge is -2.09. The molecule has 28 heavy (non-hydrogen) atoms. The van der Waals surface area contributed by atoms with E-state index < -0.39 is 0 Å². The molecule has 3 heterocycles. The average Bonchev–Trinajstić information content (AvgIpc) is 3.35. The first-order chi connectivity index (χ1) is 13.7. The third-order valence-electron chi connectivity index (χ3n) is 5.13. The van der Waals surface area contributed by atoms with Gasteiger partial charge in [0.1, 0.15) is 5.82 Å². The van der Waals surface area contributed by atoms with Crippen LogP contribution in [-0.4, -0.2) is 21.4 Å². The van der Waals surface area contributed by atoms with E-state index in [2.05, 4.69) is 47.4 Å². The van der Waals surface area contributed by atoms with Gasteiger partial charge in [-0.05, 0) is 54.3 Å². The number of rotatable bonds is 4. The van der Waals surface area contributed by atoms with E-state index in [-0.39, 0.29) is 6.79 Å². The summed E-state index contributed by atoms with van der Waals surface area (Å²) in [4.78, 5) is 4.56. The Morgan fingerprint density at radius 2 is 1.89 bits per heavy atom. The van der Waals surface area contributed by atoms with E-state index in [0.717, 1.165) is 39.7 Å². The fourth-order valence-corrected chi connectivity index (χ4v) is 3.38. The van der Waals surface area contributed by atoms with E-state index in [9.17, 15) is 0 Å². The largest absolute Gasteiger partial charge is 0.454 e. The molecular weight excluding hydrogens is 352 g/mol. The van der Waals surface area contributed by atoms with Crippen LogP contribution in [0.1, 0.15) is 16.7 Å². The maximum Gasteiger partial charge on any atom is 0.231 e.